The Morgan fingerprint density at radius 2 is 2.16 bits per heavy atom. The average Bonchev–Trinajstić information content (AvgIpc) is 2.79. The van der Waals surface area contributed by atoms with Gasteiger partial charge in [-0.05, 0) is 23.8 Å². The quantitative estimate of drug-likeness (QED) is 0.753. The van der Waals surface area contributed by atoms with Gasteiger partial charge < -0.3 is 5.73 Å². The zero-order valence-corrected chi connectivity index (χ0v) is 10.4. The van der Waals surface area contributed by atoms with Crippen LogP contribution in [0.5, 0.6) is 0 Å². The van der Waals surface area contributed by atoms with Gasteiger partial charge in [0.25, 0.3) is 0 Å². The van der Waals surface area contributed by atoms with Gasteiger partial charge in [0.2, 0.25) is 0 Å². The summed E-state index contributed by atoms with van der Waals surface area (Å²) in [5.41, 5.74) is 7.38. The molecule has 1 aromatic carbocycles. The molecule has 0 aliphatic heterocycles. The number of hydrogen-bond donors (Lipinski definition) is 2. The number of nitrogens with zero attached hydrogens (tertiary/aromatic N) is 3. The third kappa shape index (κ3) is 2.10. The van der Waals surface area contributed by atoms with Crippen molar-refractivity contribution in [1.29, 1.82) is 0 Å². The second-order valence-corrected chi connectivity index (χ2v) is 4.51. The summed E-state index contributed by atoms with van der Waals surface area (Å²) < 4.78 is 13.7. The Hall–Kier alpha value is -2.21. The first-order valence-corrected chi connectivity index (χ1v) is 5.90. The molecule has 3 aromatic rings. The highest BCUT2D eigenvalue weighted by Crippen LogP contribution is 2.23. The normalized spacial score (nSPS) is 11.1. The van der Waals surface area contributed by atoms with E-state index < -0.39 is 0 Å². The maximum Gasteiger partial charge on any atom is 0.186 e. The topological polar surface area (TPSA) is 80.5 Å². The third-order valence-corrected chi connectivity index (χ3v) is 3.07. The number of nitrogens with one attached hydrogen (secondary N) is 1. The first-order valence-electron chi connectivity index (χ1n) is 5.52. The number of rotatable bonds is 2. The fourth-order valence-corrected chi connectivity index (χ4v) is 2.13. The van der Waals surface area contributed by atoms with Crippen molar-refractivity contribution in [3.8, 4) is 0 Å². The molecule has 96 valence electrons. The van der Waals surface area contributed by atoms with Gasteiger partial charge in [0.1, 0.15) is 18.0 Å². The van der Waals surface area contributed by atoms with E-state index in [-0.39, 0.29) is 5.82 Å². The van der Waals surface area contributed by atoms with Crippen LogP contribution >= 0.6 is 11.6 Å². The Bertz CT molecular complexity index is 755. The number of benzene rings is 1. The van der Waals surface area contributed by atoms with Crippen LogP contribution < -0.4 is 5.73 Å². The van der Waals surface area contributed by atoms with Gasteiger partial charge in [0, 0.05) is 11.4 Å². The smallest absolute Gasteiger partial charge is 0.186 e. The van der Waals surface area contributed by atoms with Crippen LogP contribution in [0.25, 0.3) is 11.0 Å². The van der Waals surface area contributed by atoms with Crippen LogP contribution in [-0.2, 0) is 6.42 Å². The molecule has 0 saturated carbocycles. The van der Waals surface area contributed by atoms with Crippen molar-refractivity contribution >= 4 is 28.5 Å². The van der Waals surface area contributed by atoms with Gasteiger partial charge in [-0.2, -0.15) is 5.10 Å². The number of nitrogen functional groups attached to an aromatic ring is 1. The summed E-state index contributed by atoms with van der Waals surface area (Å²) in [5.74, 6) is -0.0150. The van der Waals surface area contributed by atoms with E-state index in [4.69, 9.17) is 17.3 Å². The molecule has 7 heteroatoms. The fraction of sp³-hybridized carbons (Fsp3) is 0.0833. The highest BCUT2D eigenvalue weighted by atomic mass is 35.5. The molecule has 0 spiro atoms. The fourth-order valence-electron chi connectivity index (χ4n) is 1.94. The highest BCUT2D eigenvalue weighted by Gasteiger charge is 2.13. The van der Waals surface area contributed by atoms with E-state index in [1.165, 1.54) is 18.5 Å². The maximum absolute atomic E-state index is 13.7. The van der Waals surface area contributed by atoms with Gasteiger partial charge >= 0.3 is 0 Å². The van der Waals surface area contributed by atoms with Crippen LogP contribution in [0.1, 0.15) is 11.3 Å². The summed E-state index contributed by atoms with van der Waals surface area (Å²) in [5, 5.41) is 7.91. The summed E-state index contributed by atoms with van der Waals surface area (Å²) in [7, 11) is 0. The summed E-state index contributed by atoms with van der Waals surface area (Å²) in [4.78, 5) is 7.90. The average molecular weight is 278 g/mol. The van der Waals surface area contributed by atoms with Crippen molar-refractivity contribution in [1.82, 2.24) is 20.2 Å². The van der Waals surface area contributed by atoms with E-state index in [2.05, 4.69) is 20.2 Å². The van der Waals surface area contributed by atoms with E-state index in [1.807, 2.05) is 0 Å². The molecule has 2 heterocycles. The van der Waals surface area contributed by atoms with Gasteiger partial charge in [-0.15, -0.1) is 0 Å². The van der Waals surface area contributed by atoms with Gasteiger partial charge in [0.15, 0.2) is 5.65 Å². The van der Waals surface area contributed by atoms with Crippen LogP contribution in [0.2, 0.25) is 5.02 Å². The lowest BCUT2D eigenvalue weighted by molar-refractivity contribution is 0.613. The lowest BCUT2D eigenvalue weighted by Crippen LogP contribution is -1.97. The molecular formula is C12H9ClFN5. The predicted molar refractivity (Wildman–Crippen MR) is 70.3 cm³/mol. The summed E-state index contributed by atoms with van der Waals surface area (Å²) >= 11 is 5.86. The van der Waals surface area contributed by atoms with Gasteiger partial charge in [-0.25, -0.2) is 14.4 Å². The molecule has 0 aliphatic rings. The molecule has 0 radical (unpaired) electrons. The Labute approximate surface area is 112 Å². The van der Waals surface area contributed by atoms with Crippen LogP contribution in [0, 0.1) is 5.82 Å². The van der Waals surface area contributed by atoms with E-state index in [9.17, 15) is 4.39 Å². The zero-order valence-electron chi connectivity index (χ0n) is 9.69. The van der Waals surface area contributed by atoms with Crippen LogP contribution in [-0.4, -0.2) is 20.2 Å². The van der Waals surface area contributed by atoms with E-state index in [0.29, 0.717) is 39.6 Å². The largest absolute Gasteiger partial charge is 0.383 e. The second kappa shape index (κ2) is 4.47. The lowest BCUT2D eigenvalue weighted by Gasteiger charge is -2.03. The molecule has 3 rings (SSSR count). The van der Waals surface area contributed by atoms with Crippen molar-refractivity contribution in [2.75, 3.05) is 5.73 Å². The Morgan fingerprint density at radius 3 is 3.00 bits per heavy atom. The molecule has 19 heavy (non-hydrogen) atoms. The molecule has 5 nitrogen and oxygen atoms in total. The minimum atomic E-state index is -0.331. The number of anilines is 1. The highest BCUT2D eigenvalue weighted by molar-refractivity contribution is 6.30. The number of aromatic amines is 1. The van der Waals surface area contributed by atoms with E-state index >= 15 is 0 Å². The standard InChI is InChI=1S/C12H9ClFN5/c13-7-1-2-8(14)6(3-7)4-9-10-11(15)16-5-17-12(10)19-18-9/h1-3,5H,4H2,(H3,15,16,17,18,19). The number of hydrogen-bond acceptors (Lipinski definition) is 4. The number of aromatic nitrogens is 4. The summed E-state index contributed by atoms with van der Waals surface area (Å²) in [6, 6.07) is 4.41. The molecular weight excluding hydrogens is 269 g/mol. The number of nitrogens with two attached hydrogens (primary N) is 1. The van der Waals surface area contributed by atoms with Crippen molar-refractivity contribution in [3.63, 3.8) is 0 Å². The van der Waals surface area contributed by atoms with Crippen LogP contribution in [0.15, 0.2) is 24.5 Å². The minimum absolute atomic E-state index is 0.292. The molecule has 0 atom stereocenters. The molecule has 0 aliphatic carbocycles. The molecule has 0 unspecified atom stereocenters. The van der Waals surface area contributed by atoms with Crippen molar-refractivity contribution in [2.24, 2.45) is 0 Å². The molecule has 0 fully saturated rings. The first kappa shape index (κ1) is 11.9. The summed E-state index contributed by atoms with van der Waals surface area (Å²) in [6.07, 6.45) is 1.63. The second-order valence-electron chi connectivity index (χ2n) is 4.07. The van der Waals surface area contributed by atoms with Crippen molar-refractivity contribution < 1.29 is 4.39 Å². The predicted octanol–water partition coefficient (Wildman–Crippen LogP) is 2.32. The Balaban J connectivity index is 2.08. The number of fused-ring (bicyclic) bond motifs is 1. The van der Waals surface area contributed by atoms with Gasteiger partial charge in [-0.1, -0.05) is 11.6 Å². The maximum atomic E-state index is 13.7. The van der Waals surface area contributed by atoms with E-state index in [1.54, 1.807) is 6.07 Å². The van der Waals surface area contributed by atoms with Gasteiger partial charge in [0.05, 0.1) is 11.1 Å². The Kier molecular flexibility index (Phi) is 2.79. The molecule has 0 bridgehead atoms. The molecule has 0 saturated heterocycles. The first-order chi connectivity index (χ1) is 9.15. The monoisotopic (exact) mass is 277 g/mol. The zero-order chi connectivity index (χ0) is 13.4. The number of halogens is 2. The van der Waals surface area contributed by atoms with Crippen LogP contribution in [0.4, 0.5) is 10.2 Å². The molecule has 0 amide bonds. The van der Waals surface area contributed by atoms with E-state index in [0.717, 1.165) is 0 Å². The lowest BCUT2D eigenvalue weighted by atomic mass is 10.1. The minimum Gasteiger partial charge on any atom is -0.383 e. The van der Waals surface area contributed by atoms with Gasteiger partial charge in [-0.3, -0.25) is 5.10 Å². The van der Waals surface area contributed by atoms with Crippen molar-refractivity contribution in [2.45, 2.75) is 6.42 Å². The third-order valence-electron chi connectivity index (χ3n) is 2.83. The summed E-state index contributed by atoms with van der Waals surface area (Å²) in [6.45, 7) is 0. The SMILES string of the molecule is Nc1ncnc2n[nH]c(Cc3cc(Cl)ccc3F)c12. The molecule has 3 N–H and O–H groups in total. The van der Waals surface area contributed by atoms with Crippen molar-refractivity contribution in [3.05, 3.63) is 46.6 Å². The molecule has 2 aromatic heterocycles. The Morgan fingerprint density at radius 1 is 1.32 bits per heavy atom. The van der Waals surface area contributed by atoms with Crippen LogP contribution in [0.3, 0.4) is 0 Å². The number of H-pyrrole nitrogens is 1.